The fourth-order valence-electron chi connectivity index (χ4n) is 1.50. The van der Waals surface area contributed by atoms with E-state index in [0.29, 0.717) is 0 Å². The maximum absolute atomic E-state index is 11.3. The van der Waals surface area contributed by atoms with Gasteiger partial charge in [0.1, 0.15) is 5.69 Å². The van der Waals surface area contributed by atoms with E-state index < -0.39 is 10.9 Å². The number of rotatable bonds is 5. The zero-order valence-electron chi connectivity index (χ0n) is 10.4. The van der Waals surface area contributed by atoms with E-state index in [1.165, 1.54) is 25.1 Å². The quantitative estimate of drug-likeness (QED) is 0.592. The Morgan fingerprint density at radius 2 is 2.11 bits per heavy atom. The molecule has 0 saturated heterocycles. The number of carboxylic acids is 1. The summed E-state index contributed by atoms with van der Waals surface area (Å²) in [5.74, 6) is -1.53. The summed E-state index contributed by atoms with van der Waals surface area (Å²) in [4.78, 5) is 33.7. The van der Waals surface area contributed by atoms with Crippen molar-refractivity contribution in [3.63, 3.8) is 0 Å². The largest absolute Gasteiger partial charge is 0.478 e. The number of carbonyl (C=O) groups excluding carboxylic acids is 1. The summed E-state index contributed by atoms with van der Waals surface area (Å²) < 4.78 is 0. The van der Waals surface area contributed by atoms with Crippen LogP contribution in [0.25, 0.3) is 0 Å². The summed E-state index contributed by atoms with van der Waals surface area (Å²) in [5, 5.41) is 22.2. The summed E-state index contributed by atoms with van der Waals surface area (Å²) in [5.41, 5.74) is -0.255. The number of likely N-dealkylation sites (N-methyl/N-ethyl adjacent to an activating group) is 2. The lowest BCUT2D eigenvalue weighted by Crippen LogP contribution is -2.33. The first-order chi connectivity index (χ1) is 8.86. The van der Waals surface area contributed by atoms with Gasteiger partial charge in [0.15, 0.2) is 0 Å². The Balaban J connectivity index is 3.20. The molecular weight excluding hydrogens is 254 g/mol. The lowest BCUT2D eigenvalue weighted by Gasteiger charge is -2.18. The third kappa shape index (κ3) is 3.41. The van der Waals surface area contributed by atoms with E-state index in [-0.39, 0.29) is 29.4 Å². The first-order valence-corrected chi connectivity index (χ1v) is 5.30. The molecule has 0 aliphatic heterocycles. The van der Waals surface area contributed by atoms with Crippen molar-refractivity contribution in [1.29, 1.82) is 0 Å². The Bertz CT molecular complexity index is 529. The smallest absolute Gasteiger partial charge is 0.335 e. The lowest BCUT2D eigenvalue weighted by molar-refractivity contribution is -0.384. The van der Waals surface area contributed by atoms with Crippen molar-refractivity contribution in [3.05, 3.63) is 33.9 Å². The Kier molecular flexibility index (Phi) is 4.41. The highest BCUT2D eigenvalue weighted by molar-refractivity contribution is 5.91. The van der Waals surface area contributed by atoms with Crippen LogP contribution in [0.4, 0.5) is 11.4 Å². The molecule has 1 aromatic carbocycles. The molecule has 1 amide bonds. The van der Waals surface area contributed by atoms with E-state index in [1.807, 2.05) is 0 Å². The van der Waals surface area contributed by atoms with Crippen molar-refractivity contribution < 1.29 is 19.6 Å². The summed E-state index contributed by atoms with van der Waals surface area (Å²) in [6.07, 6.45) is 0. The maximum atomic E-state index is 11.3. The van der Waals surface area contributed by atoms with Crippen LogP contribution in [0.15, 0.2) is 18.2 Å². The van der Waals surface area contributed by atoms with Crippen molar-refractivity contribution in [2.75, 3.05) is 25.5 Å². The molecule has 0 unspecified atom stereocenters. The third-order valence-corrected chi connectivity index (χ3v) is 2.49. The zero-order chi connectivity index (χ0) is 14.6. The van der Waals surface area contributed by atoms with Gasteiger partial charge in [0, 0.05) is 20.2 Å². The number of carboxylic acid groups (broad SMARTS) is 1. The average molecular weight is 267 g/mol. The van der Waals surface area contributed by atoms with Gasteiger partial charge in [-0.2, -0.15) is 0 Å². The van der Waals surface area contributed by atoms with Gasteiger partial charge in [-0.1, -0.05) is 0 Å². The predicted octanol–water partition coefficient (Wildman–Crippen LogP) is 0.475. The fourth-order valence-corrected chi connectivity index (χ4v) is 1.50. The second-order valence-electron chi connectivity index (χ2n) is 3.79. The molecule has 8 heteroatoms. The molecule has 0 fully saturated rings. The first kappa shape index (κ1) is 14.4. The molecule has 0 radical (unpaired) electrons. The number of amides is 1. The van der Waals surface area contributed by atoms with Gasteiger partial charge < -0.3 is 15.3 Å². The van der Waals surface area contributed by atoms with Crippen molar-refractivity contribution in [2.24, 2.45) is 0 Å². The van der Waals surface area contributed by atoms with Gasteiger partial charge in [0.05, 0.1) is 17.0 Å². The second kappa shape index (κ2) is 5.80. The molecule has 0 aliphatic carbocycles. The van der Waals surface area contributed by atoms with Crippen molar-refractivity contribution >= 4 is 23.3 Å². The minimum absolute atomic E-state index is 0.0773. The van der Waals surface area contributed by atoms with Crippen LogP contribution in [-0.4, -0.2) is 42.5 Å². The van der Waals surface area contributed by atoms with Gasteiger partial charge >= 0.3 is 5.97 Å². The average Bonchev–Trinajstić information content (AvgIpc) is 2.37. The van der Waals surface area contributed by atoms with E-state index >= 15 is 0 Å². The highest BCUT2D eigenvalue weighted by Crippen LogP contribution is 2.28. The zero-order valence-corrected chi connectivity index (χ0v) is 10.4. The molecule has 0 heterocycles. The van der Waals surface area contributed by atoms with Crippen LogP contribution < -0.4 is 10.2 Å². The molecule has 19 heavy (non-hydrogen) atoms. The van der Waals surface area contributed by atoms with Crippen LogP contribution in [0.5, 0.6) is 0 Å². The fraction of sp³-hybridized carbons (Fsp3) is 0.273. The number of nitro groups is 1. The van der Waals surface area contributed by atoms with E-state index in [1.54, 1.807) is 0 Å². The molecule has 2 N–H and O–H groups in total. The van der Waals surface area contributed by atoms with Crippen LogP contribution in [0.1, 0.15) is 10.4 Å². The summed E-state index contributed by atoms with van der Waals surface area (Å²) >= 11 is 0. The van der Waals surface area contributed by atoms with Gasteiger partial charge in [-0.25, -0.2) is 4.79 Å². The van der Waals surface area contributed by atoms with E-state index in [0.717, 1.165) is 12.1 Å². The number of benzene rings is 1. The van der Waals surface area contributed by atoms with Gasteiger partial charge in [0.25, 0.3) is 5.69 Å². The van der Waals surface area contributed by atoms with Crippen molar-refractivity contribution in [2.45, 2.75) is 0 Å². The summed E-state index contributed by atoms with van der Waals surface area (Å²) in [6, 6.07) is 3.43. The van der Waals surface area contributed by atoms with Gasteiger partial charge in [-0.15, -0.1) is 0 Å². The summed E-state index contributed by atoms with van der Waals surface area (Å²) in [6.45, 7) is -0.111. The second-order valence-corrected chi connectivity index (χ2v) is 3.79. The minimum Gasteiger partial charge on any atom is -0.478 e. The molecule has 0 atom stereocenters. The Labute approximate surface area is 108 Å². The molecule has 0 saturated carbocycles. The van der Waals surface area contributed by atoms with Crippen LogP contribution in [-0.2, 0) is 4.79 Å². The molecule has 102 valence electrons. The highest BCUT2D eigenvalue weighted by Gasteiger charge is 2.20. The molecule has 0 spiro atoms. The Morgan fingerprint density at radius 1 is 1.47 bits per heavy atom. The standard InChI is InChI=1S/C11H13N3O5/c1-12-10(15)6-13(2)9-5-7(11(16)17)3-4-8(9)14(18)19/h3-5H,6H2,1-2H3,(H,12,15)(H,16,17). The number of nitrogens with one attached hydrogen (secondary N) is 1. The molecule has 0 bridgehead atoms. The highest BCUT2D eigenvalue weighted by atomic mass is 16.6. The van der Waals surface area contributed by atoms with Gasteiger partial charge in [0.2, 0.25) is 5.91 Å². The number of anilines is 1. The Hall–Kier alpha value is -2.64. The normalized spacial score (nSPS) is 9.79. The van der Waals surface area contributed by atoms with Gasteiger partial charge in [-0.05, 0) is 12.1 Å². The molecule has 8 nitrogen and oxygen atoms in total. The lowest BCUT2D eigenvalue weighted by atomic mass is 10.1. The number of nitrogens with zero attached hydrogens (tertiary/aromatic N) is 2. The Morgan fingerprint density at radius 3 is 2.58 bits per heavy atom. The monoisotopic (exact) mass is 267 g/mol. The number of carbonyl (C=O) groups is 2. The number of nitro benzene ring substituents is 1. The van der Waals surface area contributed by atoms with Crippen LogP contribution >= 0.6 is 0 Å². The molecule has 0 aromatic heterocycles. The number of hydrogen-bond acceptors (Lipinski definition) is 5. The van der Waals surface area contributed by atoms with Crippen molar-refractivity contribution in [1.82, 2.24) is 5.32 Å². The van der Waals surface area contributed by atoms with Gasteiger partial charge in [-0.3, -0.25) is 14.9 Å². The van der Waals surface area contributed by atoms with E-state index in [9.17, 15) is 19.7 Å². The molecular formula is C11H13N3O5. The first-order valence-electron chi connectivity index (χ1n) is 5.30. The van der Waals surface area contributed by atoms with Crippen LogP contribution in [0.2, 0.25) is 0 Å². The third-order valence-electron chi connectivity index (χ3n) is 2.49. The SMILES string of the molecule is CNC(=O)CN(C)c1cc(C(=O)O)ccc1[N+](=O)[O-]. The van der Waals surface area contributed by atoms with Crippen molar-refractivity contribution in [3.8, 4) is 0 Å². The molecule has 1 aromatic rings. The number of aromatic carboxylic acids is 1. The molecule has 1 rings (SSSR count). The van der Waals surface area contributed by atoms with Crippen LogP contribution in [0.3, 0.4) is 0 Å². The van der Waals surface area contributed by atoms with E-state index in [4.69, 9.17) is 5.11 Å². The number of hydrogen-bond donors (Lipinski definition) is 2. The molecule has 0 aliphatic rings. The van der Waals surface area contributed by atoms with E-state index in [2.05, 4.69) is 5.32 Å². The van der Waals surface area contributed by atoms with Crippen LogP contribution in [0, 0.1) is 10.1 Å². The minimum atomic E-state index is -1.19. The summed E-state index contributed by atoms with van der Waals surface area (Å²) in [7, 11) is 2.92. The maximum Gasteiger partial charge on any atom is 0.335 e. The topological polar surface area (TPSA) is 113 Å². The predicted molar refractivity (Wildman–Crippen MR) is 67.4 cm³/mol.